The number of amides is 2. The fourth-order valence-electron chi connectivity index (χ4n) is 4.26. The van der Waals surface area contributed by atoms with Crippen LogP contribution in [0.5, 0.6) is 5.75 Å². The Morgan fingerprint density at radius 2 is 1.92 bits per heavy atom. The van der Waals surface area contributed by atoms with Crippen LogP contribution in [0.1, 0.15) is 21.0 Å². The van der Waals surface area contributed by atoms with E-state index in [4.69, 9.17) is 9.15 Å². The average Bonchev–Trinajstić information content (AvgIpc) is 3.54. The summed E-state index contributed by atoms with van der Waals surface area (Å²) in [5.41, 5.74) is -0.548. The van der Waals surface area contributed by atoms with Crippen molar-refractivity contribution in [1.82, 2.24) is 19.2 Å². The predicted octanol–water partition coefficient (Wildman–Crippen LogP) is 1.49. The maximum absolute atomic E-state index is 13.6. The number of carbonyl (C=O) groups excluding carboxylic acids is 2. The van der Waals surface area contributed by atoms with Crippen LogP contribution >= 0.6 is 0 Å². The molecule has 2 N–H and O–H groups in total. The van der Waals surface area contributed by atoms with E-state index in [2.05, 4.69) is 15.0 Å². The molecule has 190 valence electrons. The van der Waals surface area contributed by atoms with E-state index in [0.717, 1.165) is 12.6 Å². The number of hydrogen-bond acceptors (Lipinski definition) is 7. The highest BCUT2D eigenvalue weighted by Gasteiger charge is 2.42. The third kappa shape index (κ3) is 4.09. The van der Waals surface area contributed by atoms with Crippen molar-refractivity contribution in [3.05, 3.63) is 59.8 Å². The van der Waals surface area contributed by atoms with Crippen molar-refractivity contribution in [2.24, 2.45) is 13.0 Å². The van der Waals surface area contributed by atoms with Gasteiger partial charge in [-0.15, -0.1) is 0 Å². The standard InChI is InChI=1S/C21H18F3N5O6S/c1-28-6-16-19(18(28)20(30)26-11-2-12(22)17(24)13(23)3-11)35-7-10-4-29(5-14(10)27-36(16,32)33)21(31)15-8-34-9-25-15/h2-3,6,8-10,14,27H,4-5,7H2,1H3,(H,26,30). The van der Waals surface area contributed by atoms with Gasteiger partial charge in [0.2, 0.25) is 10.0 Å². The number of nitrogens with zero attached hydrogens (tertiary/aromatic N) is 3. The van der Waals surface area contributed by atoms with E-state index >= 15 is 0 Å². The third-order valence-corrected chi connectivity index (χ3v) is 7.46. The molecule has 0 bridgehead atoms. The Labute approximate surface area is 201 Å². The van der Waals surface area contributed by atoms with Crippen molar-refractivity contribution in [2.75, 3.05) is 25.0 Å². The molecule has 0 spiro atoms. The van der Waals surface area contributed by atoms with E-state index in [-0.39, 0.29) is 47.4 Å². The van der Waals surface area contributed by atoms with Gasteiger partial charge in [-0.2, -0.15) is 0 Å². The van der Waals surface area contributed by atoms with Crippen molar-refractivity contribution in [3.8, 4) is 5.75 Å². The lowest BCUT2D eigenvalue weighted by Gasteiger charge is -2.23. The molecule has 1 aromatic carbocycles. The molecule has 0 radical (unpaired) electrons. The summed E-state index contributed by atoms with van der Waals surface area (Å²) in [5, 5.41) is 2.22. The monoisotopic (exact) mass is 525 g/mol. The second-order valence-corrected chi connectivity index (χ2v) is 10.1. The summed E-state index contributed by atoms with van der Waals surface area (Å²) >= 11 is 0. The molecule has 2 amide bonds. The van der Waals surface area contributed by atoms with Crippen LogP contribution in [0.3, 0.4) is 0 Å². The highest BCUT2D eigenvalue weighted by atomic mass is 32.2. The molecule has 1 saturated heterocycles. The predicted molar refractivity (Wildman–Crippen MR) is 115 cm³/mol. The van der Waals surface area contributed by atoms with Gasteiger partial charge in [-0.25, -0.2) is 31.3 Å². The molecular formula is C21H18F3N5O6S. The molecule has 1 fully saturated rings. The minimum Gasteiger partial charge on any atom is -0.489 e. The van der Waals surface area contributed by atoms with Crippen molar-refractivity contribution < 1.29 is 40.3 Å². The summed E-state index contributed by atoms with van der Waals surface area (Å²) < 4.78 is 81.1. The Morgan fingerprint density at radius 3 is 2.58 bits per heavy atom. The number of halogens is 3. The molecule has 2 atom stereocenters. The van der Waals surface area contributed by atoms with Crippen LogP contribution in [-0.2, 0) is 17.1 Å². The Kier molecular flexibility index (Phi) is 5.75. The van der Waals surface area contributed by atoms with Crippen LogP contribution in [0.15, 0.2) is 40.3 Å². The summed E-state index contributed by atoms with van der Waals surface area (Å²) in [6, 6.07) is 0.513. The van der Waals surface area contributed by atoms with Crippen LogP contribution in [0.4, 0.5) is 18.9 Å². The zero-order chi connectivity index (χ0) is 25.8. The lowest BCUT2D eigenvalue weighted by molar-refractivity contribution is 0.0776. The summed E-state index contributed by atoms with van der Waals surface area (Å²) in [7, 11) is -2.81. The SMILES string of the molecule is Cn1cc2c(c1C(=O)Nc1cc(F)c(F)c(F)c1)OCC1CN(C(=O)c3cocn3)CC1NS2(=O)=O. The van der Waals surface area contributed by atoms with Gasteiger partial charge >= 0.3 is 0 Å². The van der Waals surface area contributed by atoms with Crippen LogP contribution < -0.4 is 14.8 Å². The van der Waals surface area contributed by atoms with E-state index in [1.54, 1.807) is 0 Å². The normalized spacial score (nSPS) is 20.6. The quantitative estimate of drug-likeness (QED) is 0.495. The lowest BCUT2D eigenvalue weighted by Crippen LogP contribution is -2.43. The van der Waals surface area contributed by atoms with E-state index in [1.165, 1.54) is 22.8 Å². The van der Waals surface area contributed by atoms with Gasteiger partial charge in [0.25, 0.3) is 11.8 Å². The van der Waals surface area contributed by atoms with Gasteiger partial charge in [0, 0.05) is 56.1 Å². The van der Waals surface area contributed by atoms with Crippen LogP contribution in [0.25, 0.3) is 0 Å². The summed E-state index contributed by atoms with van der Waals surface area (Å²) in [6.07, 6.45) is 3.45. The number of carbonyl (C=O) groups is 2. The number of hydrogen-bond donors (Lipinski definition) is 2. The second-order valence-electron chi connectivity index (χ2n) is 8.37. The molecule has 2 aliphatic rings. The van der Waals surface area contributed by atoms with Crippen LogP contribution in [0.2, 0.25) is 0 Å². The number of fused-ring (bicyclic) bond motifs is 2. The molecule has 3 aromatic rings. The minimum atomic E-state index is -4.20. The number of likely N-dealkylation sites (tertiary alicyclic amines) is 1. The van der Waals surface area contributed by atoms with Gasteiger partial charge in [-0.1, -0.05) is 0 Å². The number of rotatable bonds is 3. The third-order valence-electron chi connectivity index (χ3n) is 5.98. The average molecular weight is 525 g/mol. The van der Waals surface area contributed by atoms with Crippen LogP contribution in [0, 0.1) is 23.4 Å². The number of ether oxygens (including phenoxy) is 1. The van der Waals surface area contributed by atoms with Crippen molar-refractivity contribution in [1.29, 1.82) is 0 Å². The van der Waals surface area contributed by atoms with Gasteiger partial charge in [0.1, 0.15) is 11.2 Å². The Bertz CT molecular complexity index is 1450. The van der Waals surface area contributed by atoms with E-state index in [0.29, 0.717) is 12.1 Å². The maximum Gasteiger partial charge on any atom is 0.276 e. The molecule has 36 heavy (non-hydrogen) atoms. The molecule has 11 nitrogen and oxygen atoms in total. The summed E-state index contributed by atoms with van der Waals surface area (Å²) in [5.74, 6) is -6.82. The van der Waals surface area contributed by atoms with Gasteiger partial charge in [-0.3, -0.25) is 9.59 Å². The van der Waals surface area contributed by atoms with Gasteiger partial charge in [0.15, 0.2) is 41.0 Å². The first-order chi connectivity index (χ1) is 17.0. The van der Waals surface area contributed by atoms with Crippen molar-refractivity contribution in [3.63, 3.8) is 0 Å². The second kappa shape index (κ2) is 8.67. The summed E-state index contributed by atoms with van der Waals surface area (Å²) in [4.78, 5) is 30.5. The van der Waals surface area contributed by atoms with E-state index in [9.17, 15) is 31.2 Å². The van der Waals surface area contributed by atoms with Gasteiger partial charge in [0.05, 0.1) is 6.61 Å². The van der Waals surface area contributed by atoms with Gasteiger partial charge < -0.3 is 23.9 Å². The molecule has 0 aliphatic carbocycles. The van der Waals surface area contributed by atoms with Crippen molar-refractivity contribution in [2.45, 2.75) is 10.9 Å². The minimum absolute atomic E-state index is 0.0487. The van der Waals surface area contributed by atoms with Crippen LogP contribution in [-0.4, -0.2) is 60.4 Å². The first-order valence-corrected chi connectivity index (χ1v) is 12.0. The molecule has 2 aromatic heterocycles. The zero-order valence-corrected chi connectivity index (χ0v) is 19.3. The number of benzene rings is 1. The largest absolute Gasteiger partial charge is 0.489 e. The number of sulfonamides is 1. The highest BCUT2D eigenvalue weighted by Crippen LogP contribution is 2.35. The Balaban J connectivity index is 1.42. The lowest BCUT2D eigenvalue weighted by atomic mass is 10.1. The topological polar surface area (TPSA) is 136 Å². The maximum atomic E-state index is 13.6. The molecule has 5 rings (SSSR count). The first kappa shape index (κ1) is 23.9. The fourth-order valence-corrected chi connectivity index (χ4v) is 5.75. The Hall–Kier alpha value is -3.85. The number of nitrogens with one attached hydrogen (secondary N) is 2. The highest BCUT2D eigenvalue weighted by molar-refractivity contribution is 7.89. The van der Waals surface area contributed by atoms with E-state index in [1.807, 2.05) is 0 Å². The fraction of sp³-hybridized carbons (Fsp3) is 0.286. The smallest absolute Gasteiger partial charge is 0.276 e. The molecular weight excluding hydrogens is 507 g/mol. The molecule has 2 unspecified atom stereocenters. The molecule has 0 saturated carbocycles. The zero-order valence-electron chi connectivity index (χ0n) is 18.5. The Morgan fingerprint density at radius 1 is 1.19 bits per heavy atom. The molecule has 15 heteroatoms. The molecule has 4 heterocycles. The number of anilines is 1. The number of oxazole rings is 1. The number of aromatic nitrogens is 2. The molecule has 2 aliphatic heterocycles. The first-order valence-electron chi connectivity index (χ1n) is 10.5. The summed E-state index contributed by atoms with van der Waals surface area (Å²) in [6.45, 7) is 0.166. The van der Waals surface area contributed by atoms with Crippen molar-refractivity contribution >= 4 is 27.5 Å². The van der Waals surface area contributed by atoms with E-state index < -0.39 is 51.2 Å². The number of aryl methyl sites for hydroxylation is 1. The van der Waals surface area contributed by atoms with Gasteiger partial charge in [-0.05, 0) is 0 Å².